The van der Waals surface area contributed by atoms with Crippen LogP contribution in [-0.4, -0.2) is 97.4 Å². The summed E-state index contributed by atoms with van der Waals surface area (Å²) in [5, 5.41) is 0. The average molecular weight is 541 g/mol. The minimum atomic E-state index is -2.18. The van der Waals surface area contributed by atoms with Gasteiger partial charge in [-0.25, -0.2) is 9.59 Å². The first kappa shape index (κ1) is 26.2. The first-order valence-corrected chi connectivity index (χ1v) is 12.2. The van der Waals surface area contributed by atoms with Crippen LogP contribution >= 0.6 is 0 Å². The lowest BCUT2D eigenvalue weighted by Crippen LogP contribution is -2.72. The molecule has 0 N–H and O–H groups in total. The number of nitrogens with zero attached hydrogens (tertiary/aromatic N) is 4. The number of barbiturate groups is 2. The number of allylic oxidation sites excluding steroid dienone is 1. The van der Waals surface area contributed by atoms with Crippen molar-refractivity contribution in [2.45, 2.75) is 25.2 Å². The molecule has 1 aliphatic carbocycles. The van der Waals surface area contributed by atoms with Crippen molar-refractivity contribution in [2.24, 2.45) is 10.8 Å². The van der Waals surface area contributed by atoms with Gasteiger partial charge in [0.1, 0.15) is 10.8 Å². The quantitative estimate of drug-likeness (QED) is 0.405. The highest BCUT2D eigenvalue weighted by Crippen LogP contribution is 2.64. The molecular formula is C26H28N4O9. The van der Waals surface area contributed by atoms with Crippen LogP contribution in [0.1, 0.15) is 29.9 Å². The fraction of sp³-hybridized carbons (Fsp3) is 0.462. The van der Waals surface area contributed by atoms with E-state index in [1.807, 2.05) is 0 Å². The van der Waals surface area contributed by atoms with Gasteiger partial charge in [-0.15, -0.1) is 6.58 Å². The van der Waals surface area contributed by atoms with Crippen LogP contribution in [-0.2, 0) is 25.6 Å². The van der Waals surface area contributed by atoms with E-state index < -0.39 is 52.4 Å². The molecule has 0 saturated carbocycles. The predicted octanol–water partition coefficient (Wildman–Crippen LogP) is 1.10. The molecule has 0 bridgehead atoms. The number of aryl methyl sites for hydroxylation is 1. The third kappa shape index (κ3) is 3.00. The Morgan fingerprint density at radius 3 is 1.97 bits per heavy atom. The van der Waals surface area contributed by atoms with E-state index in [2.05, 4.69) is 6.58 Å². The molecule has 5 rings (SSSR count). The van der Waals surface area contributed by atoms with Crippen LogP contribution < -0.4 is 14.2 Å². The lowest BCUT2D eigenvalue weighted by Gasteiger charge is -2.55. The van der Waals surface area contributed by atoms with Gasteiger partial charge >= 0.3 is 12.1 Å². The number of benzene rings is 1. The molecule has 4 aliphatic rings. The molecule has 1 aromatic rings. The van der Waals surface area contributed by atoms with Crippen LogP contribution in [0.25, 0.3) is 0 Å². The summed E-state index contributed by atoms with van der Waals surface area (Å²) in [4.78, 5) is 85.6. The molecule has 2 saturated heterocycles. The number of ether oxygens (including phenoxy) is 3. The van der Waals surface area contributed by atoms with Gasteiger partial charge in [0.25, 0.3) is 0 Å². The van der Waals surface area contributed by atoms with Crippen LogP contribution in [0.3, 0.4) is 0 Å². The molecule has 2 fully saturated rings. The van der Waals surface area contributed by atoms with Crippen molar-refractivity contribution in [3.63, 3.8) is 0 Å². The van der Waals surface area contributed by atoms with Crippen LogP contribution in [0.2, 0.25) is 0 Å². The SMILES string of the molecule is C=CCC1([C@@H]2c3c(cc4c(c3OC)OCO4)CCC23C(=O)N(C)C(=O)N(C)C3=O)C(=O)N(C)C(=O)N(C)C1=O. The molecule has 1 spiro atoms. The van der Waals surface area contributed by atoms with Gasteiger partial charge in [-0.1, -0.05) is 6.08 Å². The largest absolute Gasteiger partial charge is 0.492 e. The fourth-order valence-corrected chi connectivity index (χ4v) is 6.60. The number of urea groups is 2. The molecule has 206 valence electrons. The number of carbonyl (C=O) groups excluding carboxylic acids is 6. The minimum absolute atomic E-state index is 0.0955. The number of hydrogen-bond donors (Lipinski definition) is 0. The van der Waals surface area contributed by atoms with E-state index in [0.29, 0.717) is 11.3 Å². The summed E-state index contributed by atoms with van der Waals surface area (Å²) >= 11 is 0. The molecule has 8 amide bonds. The summed E-state index contributed by atoms with van der Waals surface area (Å²) in [6.45, 7) is 3.64. The maximum atomic E-state index is 14.2. The highest BCUT2D eigenvalue weighted by atomic mass is 16.7. The summed E-state index contributed by atoms with van der Waals surface area (Å²) in [6.07, 6.45) is 1.04. The number of imide groups is 4. The molecule has 13 nitrogen and oxygen atoms in total. The summed E-state index contributed by atoms with van der Waals surface area (Å²) in [5.74, 6) is -4.39. The summed E-state index contributed by atoms with van der Waals surface area (Å²) in [6, 6.07) is -0.0339. The van der Waals surface area contributed by atoms with Crippen molar-refractivity contribution in [3.05, 3.63) is 29.8 Å². The Bertz CT molecular complexity index is 1340. The average Bonchev–Trinajstić information content (AvgIpc) is 3.41. The van der Waals surface area contributed by atoms with Gasteiger partial charge in [-0.05, 0) is 30.9 Å². The van der Waals surface area contributed by atoms with Crippen molar-refractivity contribution < 1.29 is 43.0 Å². The number of hydrogen-bond acceptors (Lipinski definition) is 9. The Morgan fingerprint density at radius 1 is 0.923 bits per heavy atom. The number of methoxy groups -OCH3 is 1. The molecule has 13 heteroatoms. The molecule has 3 aliphatic heterocycles. The number of rotatable bonds is 4. The predicted molar refractivity (Wildman–Crippen MR) is 132 cm³/mol. The maximum absolute atomic E-state index is 14.2. The van der Waals surface area contributed by atoms with Gasteiger partial charge in [0, 0.05) is 39.7 Å². The number of fused-ring (bicyclic) bond motifs is 2. The minimum Gasteiger partial charge on any atom is -0.492 e. The van der Waals surface area contributed by atoms with Gasteiger partial charge in [-0.3, -0.25) is 38.8 Å². The zero-order valence-electron chi connectivity index (χ0n) is 22.2. The smallest absolute Gasteiger partial charge is 0.332 e. The Labute approximate surface area is 223 Å². The van der Waals surface area contributed by atoms with Gasteiger partial charge in [0.05, 0.1) is 7.11 Å². The van der Waals surface area contributed by atoms with Crippen LogP contribution in [0.4, 0.5) is 9.59 Å². The fourth-order valence-electron chi connectivity index (χ4n) is 6.60. The Morgan fingerprint density at radius 2 is 1.46 bits per heavy atom. The van der Waals surface area contributed by atoms with E-state index in [9.17, 15) is 28.8 Å². The highest BCUT2D eigenvalue weighted by Gasteiger charge is 2.72. The van der Waals surface area contributed by atoms with Gasteiger partial charge in [0.15, 0.2) is 11.5 Å². The van der Waals surface area contributed by atoms with E-state index in [0.717, 1.165) is 19.6 Å². The Kier molecular flexibility index (Phi) is 5.74. The monoisotopic (exact) mass is 540 g/mol. The third-order valence-electron chi connectivity index (χ3n) is 8.37. The van der Waals surface area contributed by atoms with E-state index in [1.54, 1.807) is 6.07 Å². The highest BCUT2D eigenvalue weighted by molar-refractivity contribution is 6.24. The van der Waals surface area contributed by atoms with Crippen LogP contribution in [0, 0.1) is 10.8 Å². The molecule has 1 atom stereocenters. The first-order chi connectivity index (χ1) is 18.4. The zero-order valence-corrected chi connectivity index (χ0v) is 22.2. The molecule has 3 heterocycles. The summed E-state index contributed by atoms with van der Waals surface area (Å²) in [5.41, 5.74) is -3.46. The molecule has 39 heavy (non-hydrogen) atoms. The number of carbonyl (C=O) groups is 6. The van der Waals surface area contributed by atoms with Crippen LogP contribution in [0.5, 0.6) is 17.2 Å². The van der Waals surface area contributed by atoms with Gasteiger partial charge in [-0.2, -0.15) is 0 Å². The standard InChI is InChI=1S/C26H28N4O9/c1-7-9-25(19(31)27(2)23(35)28(3)20(25)32)18-15-13(11-14-16(17(15)37-6)39-12-38-14)8-10-26(18)21(33)29(4)24(36)30(5)22(26)34/h7,11,18H,1,8-10,12H2,2-6H3/t18-/m0/s1. The van der Waals surface area contributed by atoms with E-state index in [-0.39, 0.29) is 43.1 Å². The van der Waals surface area contributed by atoms with Crippen LogP contribution in [0.15, 0.2) is 18.7 Å². The molecular weight excluding hydrogens is 512 g/mol. The van der Waals surface area contributed by atoms with Crippen molar-refractivity contribution >= 4 is 35.7 Å². The molecule has 0 radical (unpaired) electrons. The second-order valence-corrected chi connectivity index (χ2v) is 10.1. The topological polar surface area (TPSA) is 143 Å². The van der Waals surface area contributed by atoms with Crippen molar-refractivity contribution in [1.82, 2.24) is 19.6 Å². The lowest BCUT2D eigenvalue weighted by atomic mass is 9.50. The van der Waals surface area contributed by atoms with E-state index in [1.165, 1.54) is 41.4 Å². The molecule has 0 unspecified atom stereocenters. The lowest BCUT2D eigenvalue weighted by molar-refractivity contribution is -0.171. The second kappa shape index (κ2) is 8.55. The molecule has 1 aromatic carbocycles. The Hall–Kier alpha value is -4.42. The zero-order chi connectivity index (χ0) is 28.6. The Balaban J connectivity index is 1.94. The van der Waals surface area contributed by atoms with Crippen molar-refractivity contribution in [3.8, 4) is 17.2 Å². The maximum Gasteiger partial charge on any atom is 0.332 e. The number of amides is 8. The van der Waals surface area contributed by atoms with Gasteiger partial charge < -0.3 is 14.2 Å². The van der Waals surface area contributed by atoms with Crippen molar-refractivity contribution in [2.75, 3.05) is 42.1 Å². The van der Waals surface area contributed by atoms with E-state index in [4.69, 9.17) is 14.2 Å². The third-order valence-corrected chi connectivity index (χ3v) is 8.37. The summed E-state index contributed by atoms with van der Waals surface area (Å²) in [7, 11) is 6.29. The first-order valence-electron chi connectivity index (χ1n) is 12.2. The van der Waals surface area contributed by atoms with Gasteiger partial charge in [0.2, 0.25) is 36.2 Å². The normalized spacial score (nSPS) is 23.6. The molecule has 0 aromatic heterocycles. The van der Waals surface area contributed by atoms with E-state index >= 15 is 0 Å². The van der Waals surface area contributed by atoms with Crippen molar-refractivity contribution in [1.29, 1.82) is 0 Å². The second-order valence-electron chi connectivity index (χ2n) is 10.1. The summed E-state index contributed by atoms with van der Waals surface area (Å²) < 4.78 is 17.0.